The molecule has 674 valence electrons. The minimum absolute atomic E-state index is 0.198. The van der Waals surface area contributed by atoms with E-state index in [-0.39, 0.29) is 29.7 Å². The standard InChI is InChI=1S/C48H30O.C48H30S.C45H27NO/c1-2-12-31(13-3-1)32-24-26-34(27-25-32)46-39-18-6-7-19-40(39)47(43-22-11-21-42-38-17-8-9-23-45(38)49-48(42)43)44-30-35(28-29-41(44)46)37-20-10-15-33-14-4-5-16-36(33)37;1-2-11-31(12-3-1)37-27-28-41-44(30-37)47(43-19-10-18-42-38-15-8-9-20-45(38)49-48(42)43)40-17-7-6-16-39(40)46(41)34-24-21-33(22-25-34)36-26-23-32-13-4-5-14-35(32)29-36;1-2-10-28(11-3-1)30-20-21-38-39(25-30)43(37-16-7-6-15-36(37)42(38)32-19-18-29-22-23-46-27-33(29)24-32)44-34-13-5-4-12-31(34)26-40-35-14-8-9-17-41(35)47-45(40)44/h2*1-30H;1-27H/i;1D,2D,3D,11D,12D;. The third-order valence-corrected chi connectivity index (χ3v) is 30.7. The van der Waals surface area contributed by atoms with Crippen LogP contribution in [-0.4, -0.2) is 4.98 Å². The molecule has 0 fully saturated rings. The van der Waals surface area contributed by atoms with Gasteiger partial charge in [0.15, 0.2) is 0 Å². The second kappa shape index (κ2) is 35.3. The topological polar surface area (TPSA) is 39.2 Å². The maximum absolute atomic E-state index is 8.84. The van der Waals surface area contributed by atoms with Crippen LogP contribution in [0, 0.1) is 0 Å². The summed E-state index contributed by atoms with van der Waals surface area (Å²) in [4.78, 5) is 4.44. The lowest BCUT2D eigenvalue weighted by Gasteiger charge is -2.20. The Labute approximate surface area is 848 Å². The number of benzene rings is 26. The molecule has 0 unspecified atom stereocenters. The van der Waals surface area contributed by atoms with Crippen molar-refractivity contribution in [2.24, 2.45) is 0 Å². The molecule has 0 bridgehead atoms. The highest BCUT2D eigenvalue weighted by Crippen LogP contribution is 2.55. The molecule has 0 saturated carbocycles. The molecule has 30 aromatic rings. The molecule has 0 aliphatic rings. The third kappa shape index (κ3) is 14.5. The lowest BCUT2D eigenvalue weighted by molar-refractivity contribution is 0.670. The van der Waals surface area contributed by atoms with Crippen LogP contribution in [0.25, 0.3) is 294 Å². The summed E-state index contributed by atoms with van der Waals surface area (Å²) in [6.07, 6.45) is 3.81. The second-order valence-corrected chi connectivity index (χ2v) is 38.6. The van der Waals surface area contributed by atoms with Crippen LogP contribution < -0.4 is 0 Å². The Hall–Kier alpha value is -18.7. The zero-order chi connectivity index (χ0) is 99.9. The lowest BCUT2D eigenvalue weighted by Crippen LogP contribution is -1.93. The number of hydrogen-bond donors (Lipinski definition) is 0. The molecule has 26 aromatic carbocycles. The Bertz CT molecular complexity index is 10800. The molecule has 0 N–H and O–H groups in total. The van der Waals surface area contributed by atoms with E-state index in [2.05, 4.69) is 472 Å². The fourth-order valence-electron chi connectivity index (χ4n) is 22.9. The zero-order valence-electron chi connectivity index (χ0n) is 83.5. The monoisotopic (exact) mass is 1860 g/mol. The second-order valence-electron chi connectivity index (χ2n) is 37.6. The summed E-state index contributed by atoms with van der Waals surface area (Å²) in [6.45, 7) is 0. The molecular formula is C141H87NO2S. The first-order valence-electron chi connectivity index (χ1n) is 51.8. The molecule has 4 heterocycles. The largest absolute Gasteiger partial charge is 0.455 e. The average Bonchev–Trinajstić information content (AvgIpc) is 1.47. The van der Waals surface area contributed by atoms with Crippen LogP contribution in [0.2, 0.25) is 0 Å². The molecule has 0 atom stereocenters. The molecule has 0 saturated heterocycles. The highest BCUT2D eigenvalue weighted by molar-refractivity contribution is 7.26. The Morgan fingerprint density at radius 1 is 0.179 bits per heavy atom. The van der Waals surface area contributed by atoms with Gasteiger partial charge in [-0.15, -0.1) is 11.3 Å². The van der Waals surface area contributed by atoms with E-state index in [4.69, 9.17) is 15.7 Å². The molecule has 0 amide bonds. The van der Waals surface area contributed by atoms with Gasteiger partial charge in [-0.1, -0.05) is 455 Å². The highest BCUT2D eigenvalue weighted by Gasteiger charge is 2.28. The van der Waals surface area contributed by atoms with Crippen molar-refractivity contribution in [1.82, 2.24) is 4.98 Å². The van der Waals surface area contributed by atoms with Gasteiger partial charge in [0.05, 0.1) is 6.85 Å². The Kier molecular flexibility index (Phi) is 19.2. The summed E-state index contributed by atoms with van der Waals surface area (Å²) in [5, 5.41) is 30.4. The number of para-hydroxylation sites is 3. The van der Waals surface area contributed by atoms with Crippen LogP contribution in [0.5, 0.6) is 0 Å². The van der Waals surface area contributed by atoms with Crippen molar-refractivity contribution in [3.05, 3.63) is 528 Å². The normalized spacial score (nSPS) is 12.2. The first kappa shape index (κ1) is 79.1. The highest BCUT2D eigenvalue weighted by atomic mass is 32.1. The van der Waals surface area contributed by atoms with Gasteiger partial charge in [0.25, 0.3) is 0 Å². The van der Waals surface area contributed by atoms with Gasteiger partial charge in [-0.05, 0) is 258 Å². The van der Waals surface area contributed by atoms with E-state index in [1.54, 1.807) is 11.3 Å². The van der Waals surface area contributed by atoms with Crippen LogP contribution in [0.3, 0.4) is 0 Å². The van der Waals surface area contributed by atoms with Gasteiger partial charge in [0.1, 0.15) is 22.3 Å². The van der Waals surface area contributed by atoms with E-state index in [1.165, 1.54) is 168 Å². The average molecular weight is 1860 g/mol. The van der Waals surface area contributed by atoms with Crippen molar-refractivity contribution < 1.29 is 15.7 Å². The Morgan fingerprint density at radius 3 is 1.21 bits per heavy atom. The van der Waals surface area contributed by atoms with Crippen LogP contribution in [0.1, 0.15) is 6.85 Å². The quantitative estimate of drug-likeness (QED) is 0.121. The summed E-state index contributed by atoms with van der Waals surface area (Å²) >= 11 is 1.78. The number of nitrogens with zero attached hydrogens (tertiary/aromatic N) is 1. The summed E-state index contributed by atoms with van der Waals surface area (Å²) in [5.41, 5.74) is 27.8. The van der Waals surface area contributed by atoms with Crippen molar-refractivity contribution >= 4 is 183 Å². The van der Waals surface area contributed by atoms with Gasteiger partial charge in [0, 0.05) is 87.3 Å². The zero-order valence-corrected chi connectivity index (χ0v) is 79.3. The molecule has 145 heavy (non-hydrogen) atoms. The fraction of sp³-hybridized carbons (Fsp3) is 0. The van der Waals surface area contributed by atoms with E-state index >= 15 is 0 Å². The minimum atomic E-state index is -0.396. The van der Waals surface area contributed by atoms with E-state index < -0.39 is 6.04 Å². The number of fused-ring (bicyclic) bond motifs is 19. The van der Waals surface area contributed by atoms with Crippen LogP contribution in [0.15, 0.2) is 537 Å². The van der Waals surface area contributed by atoms with E-state index in [9.17, 15) is 0 Å². The van der Waals surface area contributed by atoms with Gasteiger partial charge >= 0.3 is 0 Å². The summed E-state index contributed by atoms with van der Waals surface area (Å²) in [6, 6.07) is 172. The van der Waals surface area contributed by atoms with E-state index in [0.717, 1.165) is 115 Å². The predicted octanol–water partition coefficient (Wildman–Crippen LogP) is 40.5. The molecule has 0 spiro atoms. The minimum Gasteiger partial charge on any atom is -0.455 e. The first-order chi connectivity index (χ1) is 74.0. The Balaban J connectivity index is 0.000000108. The van der Waals surface area contributed by atoms with Crippen molar-refractivity contribution in [1.29, 1.82) is 0 Å². The molecule has 3 nitrogen and oxygen atoms in total. The number of furan rings is 2. The van der Waals surface area contributed by atoms with Gasteiger partial charge in [-0.25, -0.2) is 0 Å². The number of hydrogen-bond acceptors (Lipinski definition) is 4. The number of pyridine rings is 1. The summed E-state index contributed by atoms with van der Waals surface area (Å²) in [5.74, 6) is 0. The van der Waals surface area contributed by atoms with E-state index in [1.807, 2.05) is 30.6 Å². The fourth-order valence-corrected chi connectivity index (χ4v) is 24.1. The smallest absolute Gasteiger partial charge is 0.143 e. The van der Waals surface area contributed by atoms with Crippen molar-refractivity contribution in [2.75, 3.05) is 0 Å². The predicted molar refractivity (Wildman–Crippen MR) is 619 cm³/mol. The van der Waals surface area contributed by atoms with Crippen molar-refractivity contribution in [3.8, 4) is 122 Å². The Morgan fingerprint density at radius 2 is 0.566 bits per heavy atom. The molecule has 0 radical (unpaired) electrons. The molecule has 0 aliphatic carbocycles. The first-order valence-corrected chi connectivity index (χ1v) is 50.1. The number of rotatable bonds is 11. The SMILES string of the molecule is [2H]c1c([2H])c([2H])c(-c2ccc3c(-c4ccc(-c5ccc6ccccc6c5)cc4)c4ccccc4c(-c4cccc5c4sc4ccccc45)c3c2)c([2H])c1[2H].c1ccc(-c2ccc(-c3c4ccccc4c(-c4cccc5c4oc4ccccc45)c4cc(-c5cccc6ccccc56)ccc34)cc2)cc1.c1ccc(-c2ccc3c(-c4ccc5ccncc5c4)c4ccccc4c(-c4c5ccccc5cc5c4oc4ccccc45)c3c2)cc1. The van der Waals surface area contributed by atoms with Crippen LogP contribution in [0.4, 0.5) is 0 Å². The van der Waals surface area contributed by atoms with Crippen LogP contribution >= 0.6 is 11.3 Å². The van der Waals surface area contributed by atoms with Gasteiger partial charge in [-0.2, -0.15) is 0 Å². The molecular weight excluding hydrogens is 1770 g/mol. The van der Waals surface area contributed by atoms with Crippen LogP contribution in [-0.2, 0) is 0 Å². The maximum Gasteiger partial charge on any atom is 0.143 e. The van der Waals surface area contributed by atoms with Gasteiger partial charge in [0.2, 0.25) is 0 Å². The summed E-state index contributed by atoms with van der Waals surface area (Å²) < 4.78 is 58.7. The maximum atomic E-state index is 8.84. The van der Waals surface area contributed by atoms with Crippen molar-refractivity contribution in [2.45, 2.75) is 0 Å². The number of aromatic nitrogens is 1. The molecule has 30 rings (SSSR count). The van der Waals surface area contributed by atoms with E-state index in [0.29, 0.717) is 5.56 Å². The lowest BCUT2D eigenvalue weighted by atomic mass is 9.83. The van der Waals surface area contributed by atoms with Crippen molar-refractivity contribution in [3.63, 3.8) is 0 Å². The molecule has 0 aliphatic heterocycles. The third-order valence-electron chi connectivity index (χ3n) is 29.5. The van der Waals surface area contributed by atoms with Gasteiger partial charge < -0.3 is 8.83 Å². The molecule has 4 heteroatoms. The van der Waals surface area contributed by atoms with Gasteiger partial charge in [-0.3, -0.25) is 4.98 Å². The summed E-state index contributed by atoms with van der Waals surface area (Å²) in [7, 11) is 0. The molecule has 4 aromatic heterocycles. The number of thiophene rings is 1.